The van der Waals surface area contributed by atoms with E-state index in [1.807, 2.05) is 29.6 Å². The van der Waals surface area contributed by atoms with Crippen LogP contribution in [0.4, 0.5) is 5.69 Å². The van der Waals surface area contributed by atoms with Crippen LogP contribution in [0.5, 0.6) is 0 Å². The molecule has 2 atom stereocenters. The lowest BCUT2D eigenvalue weighted by Crippen LogP contribution is -2.38. The normalized spacial score (nSPS) is 24.6. The molecule has 8 heteroatoms. The standard InChI is InChI=1S/C26H30N4O2S2/c1-29-8-7-18(16-29)27-17-5-6-22-24(13-17)33-23-4-2-3-20(26(23)34-22)21-14-19(15-25(31)28-21)30-9-11-32-12-10-30/h2-6,13-15,18,25,27-28,31H,7-12,16H2,1H3. The first-order chi connectivity index (χ1) is 16.6. The van der Waals surface area contributed by atoms with Crippen LogP contribution in [0.3, 0.4) is 0 Å². The molecule has 2 aromatic carbocycles. The fourth-order valence-electron chi connectivity index (χ4n) is 4.97. The second kappa shape index (κ2) is 9.51. The van der Waals surface area contributed by atoms with Gasteiger partial charge in [-0.3, -0.25) is 0 Å². The number of likely N-dealkylation sites (tertiary alicyclic amines) is 1. The van der Waals surface area contributed by atoms with E-state index in [9.17, 15) is 5.11 Å². The predicted molar refractivity (Wildman–Crippen MR) is 138 cm³/mol. The maximum absolute atomic E-state index is 10.6. The summed E-state index contributed by atoms with van der Waals surface area (Å²) in [6, 6.07) is 13.7. The van der Waals surface area contributed by atoms with E-state index in [2.05, 4.69) is 70.0 Å². The molecular formula is C26H30N4O2S2. The Kier molecular flexibility index (Phi) is 6.26. The number of aliphatic hydroxyl groups excluding tert-OH is 1. The van der Waals surface area contributed by atoms with Crippen molar-refractivity contribution in [2.24, 2.45) is 0 Å². The number of nitrogens with zero attached hydrogens (tertiary/aromatic N) is 2. The van der Waals surface area contributed by atoms with E-state index in [1.165, 1.54) is 31.7 Å². The number of benzene rings is 2. The van der Waals surface area contributed by atoms with Gasteiger partial charge in [0.25, 0.3) is 0 Å². The van der Waals surface area contributed by atoms with Crippen LogP contribution < -0.4 is 10.6 Å². The summed E-state index contributed by atoms with van der Waals surface area (Å²) in [7, 11) is 2.19. The Bertz CT molecular complexity index is 1150. The van der Waals surface area contributed by atoms with Gasteiger partial charge in [0.15, 0.2) is 0 Å². The minimum absolute atomic E-state index is 0.521. The topological polar surface area (TPSA) is 60.0 Å². The number of anilines is 1. The van der Waals surface area contributed by atoms with Crippen molar-refractivity contribution in [1.29, 1.82) is 0 Å². The van der Waals surface area contributed by atoms with Crippen LogP contribution in [0, 0.1) is 0 Å². The van der Waals surface area contributed by atoms with Gasteiger partial charge in [-0.15, -0.1) is 0 Å². The summed E-state index contributed by atoms with van der Waals surface area (Å²) in [5, 5.41) is 17.6. The Morgan fingerprint density at radius 3 is 2.76 bits per heavy atom. The number of allylic oxidation sites excluding steroid dienone is 1. The number of aliphatic hydroxyl groups is 1. The smallest absolute Gasteiger partial charge is 0.146 e. The molecule has 34 heavy (non-hydrogen) atoms. The highest BCUT2D eigenvalue weighted by atomic mass is 32.2. The van der Waals surface area contributed by atoms with Gasteiger partial charge in [-0.1, -0.05) is 35.7 Å². The van der Waals surface area contributed by atoms with E-state index >= 15 is 0 Å². The van der Waals surface area contributed by atoms with Gasteiger partial charge in [-0.25, -0.2) is 0 Å². The van der Waals surface area contributed by atoms with Gasteiger partial charge < -0.3 is 30.3 Å². The molecule has 3 N–H and O–H groups in total. The Labute approximate surface area is 209 Å². The molecule has 4 heterocycles. The second-order valence-corrected chi connectivity index (χ2v) is 11.4. The second-order valence-electron chi connectivity index (χ2n) is 9.23. The van der Waals surface area contributed by atoms with Gasteiger partial charge in [0.05, 0.1) is 13.2 Å². The lowest BCUT2D eigenvalue weighted by Gasteiger charge is -2.33. The molecule has 0 aromatic heterocycles. The average Bonchev–Trinajstić information content (AvgIpc) is 3.27. The molecule has 2 fully saturated rings. The summed E-state index contributed by atoms with van der Waals surface area (Å²) in [4.78, 5) is 9.74. The summed E-state index contributed by atoms with van der Waals surface area (Å²) < 4.78 is 5.51. The molecule has 0 spiro atoms. The van der Waals surface area contributed by atoms with Crippen molar-refractivity contribution in [2.75, 3.05) is 51.8 Å². The van der Waals surface area contributed by atoms with Gasteiger partial charge in [0.2, 0.25) is 0 Å². The van der Waals surface area contributed by atoms with E-state index < -0.39 is 6.23 Å². The maximum Gasteiger partial charge on any atom is 0.146 e. The third-order valence-corrected chi connectivity index (χ3v) is 9.30. The van der Waals surface area contributed by atoms with Crippen molar-refractivity contribution in [3.63, 3.8) is 0 Å². The molecule has 0 saturated carbocycles. The molecule has 6 rings (SSSR count). The van der Waals surface area contributed by atoms with Crippen LogP contribution in [0.15, 0.2) is 73.8 Å². The third-order valence-electron chi connectivity index (χ3n) is 6.71. The van der Waals surface area contributed by atoms with E-state index in [4.69, 9.17) is 4.74 Å². The minimum Gasteiger partial charge on any atom is -0.381 e. The number of fused-ring (bicyclic) bond motifs is 2. The Balaban J connectivity index is 1.26. The molecule has 0 aliphatic carbocycles. The van der Waals surface area contributed by atoms with Crippen LogP contribution in [0.1, 0.15) is 12.0 Å². The number of morpholine rings is 1. The minimum atomic E-state index is -0.703. The Hall–Kier alpha value is -2.10. The van der Waals surface area contributed by atoms with Gasteiger partial charge in [0.1, 0.15) is 6.23 Å². The number of ether oxygens (including phenoxy) is 1. The molecule has 0 radical (unpaired) electrons. The highest BCUT2D eigenvalue weighted by Gasteiger charge is 2.26. The first-order valence-electron chi connectivity index (χ1n) is 11.9. The van der Waals surface area contributed by atoms with Gasteiger partial charge in [-0.2, -0.15) is 0 Å². The van der Waals surface area contributed by atoms with Gasteiger partial charge >= 0.3 is 0 Å². The zero-order chi connectivity index (χ0) is 23.1. The number of likely N-dealkylation sites (N-methyl/N-ethyl adjacent to an activating group) is 1. The predicted octanol–water partition coefficient (Wildman–Crippen LogP) is 3.90. The first-order valence-corrected chi connectivity index (χ1v) is 13.5. The van der Waals surface area contributed by atoms with Crippen LogP contribution in [-0.2, 0) is 4.74 Å². The third kappa shape index (κ3) is 4.57. The molecule has 4 aliphatic heterocycles. The molecule has 4 aliphatic rings. The number of dihydropyridines is 1. The zero-order valence-electron chi connectivity index (χ0n) is 19.3. The molecule has 6 nitrogen and oxygen atoms in total. The number of hydrogen-bond donors (Lipinski definition) is 3. The number of nitrogens with one attached hydrogen (secondary N) is 2. The molecule has 0 bridgehead atoms. The number of hydrogen-bond acceptors (Lipinski definition) is 8. The molecular weight excluding hydrogens is 464 g/mol. The fraction of sp³-hybridized carbons (Fsp3) is 0.385. The van der Waals surface area contributed by atoms with Gasteiger partial charge in [0, 0.05) is 67.9 Å². The van der Waals surface area contributed by atoms with Crippen LogP contribution in [0.25, 0.3) is 5.70 Å². The van der Waals surface area contributed by atoms with Crippen molar-refractivity contribution in [2.45, 2.75) is 38.3 Å². The summed E-state index contributed by atoms with van der Waals surface area (Å²) in [5.41, 5.74) is 4.36. The lowest BCUT2D eigenvalue weighted by atomic mass is 10.1. The van der Waals surface area contributed by atoms with Crippen LogP contribution >= 0.6 is 23.5 Å². The van der Waals surface area contributed by atoms with Crippen LogP contribution in [0.2, 0.25) is 0 Å². The summed E-state index contributed by atoms with van der Waals surface area (Å²) >= 11 is 3.65. The first kappa shape index (κ1) is 22.4. The van der Waals surface area contributed by atoms with Gasteiger partial charge in [-0.05, 0) is 56.4 Å². The highest BCUT2D eigenvalue weighted by molar-refractivity contribution is 8.05. The highest BCUT2D eigenvalue weighted by Crippen LogP contribution is 2.51. The molecule has 2 aromatic rings. The number of rotatable bonds is 4. The van der Waals surface area contributed by atoms with Crippen LogP contribution in [-0.4, -0.2) is 73.6 Å². The molecule has 0 amide bonds. The van der Waals surface area contributed by atoms with E-state index in [1.54, 1.807) is 0 Å². The quantitative estimate of drug-likeness (QED) is 0.505. The van der Waals surface area contributed by atoms with Crippen molar-refractivity contribution in [1.82, 2.24) is 15.1 Å². The van der Waals surface area contributed by atoms with Crippen molar-refractivity contribution < 1.29 is 9.84 Å². The Morgan fingerprint density at radius 1 is 1.06 bits per heavy atom. The summed E-state index contributed by atoms with van der Waals surface area (Å²) in [6.45, 7) is 5.40. The zero-order valence-corrected chi connectivity index (χ0v) is 20.9. The molecule has 178 valence electrons. The summed E-state index contributed by atoms with van der Waals surface area (Å²) in [6.07, 6.45) is 4.54. The van der Waals surface area contributed by atoms with E-state index in [0.717, 1.165) is 56.4 Å². The average molecular weight is 495 g/mol. The van der Waals surface area contributed by atoms with Crippen molar-refractivity contribution in [3.05, 3.63) is 59.8 Å². The summed E-state index contributed by atoms with van der Waals surface area (Å²) in [5.74, 6) is 0. The maximum atomic E-state index is 10.6. The lowest BCUT2D eigenvalue weighted by molar-refractivity contribution is 0.0541. The monoisotopic (exact) mass is 494 g/mol. The van der Waals surface area contributed by atoms with E-state index in [0.29, 0.717) is 6.04 Å². The van der Waals surface area contributed by atoms with Crippen molar-refractivity contribution >= 4 is 34.9 Å². The molecule has 2 saturated heterocycles. The van der Waals surface area contributed by atoms with Crippen molar-refractivity contribution in [3.8, 4) is 0 Å². The molecule has 2 unspecified atom stereocenters. The van der Waals surface area contributed by atoms with E-state index in [-0.39, 0.29) is 0 Å². The fourth-order valence-corrected chi connectivity index (χ4v) is 7.38. The Morgan fingerprint density at radius 2 is 1.94 bits per heavy atom. The largest absolute Gasteiger partial charge is 0.381 e. The SMILES string of the molecule is CN1CCC(Nc2ccc3c(c2)Sc2cccc(C4=CC(N5CCOCC5)=CC(O)N4)c2S3)C1.